The summed E-state index contributed by atoms with van der Waals surface area (Å²) in [6, 6.07) is 0.653. The molecule has 3 atom stereocenters. The van der Waals surface area contributed by atoms with E-state index in [9.17, 15) is 0 Å². The number of aliphatic hydroxyl groups is 1. The summed E-state index contributed by atoms with van der Waals surface area (Å²) in [5.41, 5.74) is 0. The van der Waals surface area contributed by atoms with Crippen LogP contribution >= 0.6 is 11.8 Å². The number of thioether (sulfide) groups is 1. The van der Waals surface area contributed by atoms with E-state index in [0.717, 1.165) is 11.7 Å². The van der Waals surface area contributed by atoms with E-state index >= 15 is 0 Å². The van der Waals surface area contributed by atoms with Crippen LogP contribution in [0.4, 0.5) is 0 Å². The number of rotatable bonds is 5. The largest absolute Gasteiger partial charge is 0.396 e. The molecule has 0 aromatic rings. The zero-order chi connectivity index (χ0) is 14.6. The monoisotopic (exact) mass is 301 g/mol. The quantitative estimate of drug-likeness (QED) is 0.791. The minimum absolute atomic E-state index is 0.325. The highest BCUT2D eigenvalue weighted by atomic mass is 32.2. The number of hydrogen-bond donors (Lipinski definition) is 2. The summed E-state index contributed by atoms with van der Waals surface area (Å²) in [5, 5.41) is 14.0. The Labute approximate surface area is 130 Å². The van der Waals surface area contributed by atoms with Gasteiger partial charge in [-0.15, -0.1) is 0 Å². The van der Waals surface area contributed by atoms with Crippen molar-refractivity contribution in [2.24, 2.45) is 0 Å². The molecule has 0 aromatic carbocycles. The molecule has 0 amide bonds. The fourth-order valence-corrected chi connectivity index (χ4v) is 4.80. The van der Waals surface area contributed by atoms with Gasteiger partial charge in [0.2, 0.25) is 0 Å². The predicted octanol–water partition coefficient (Wildman–Crippen LogP) is 4.36. The molecule has 0 spiro atoms. The van der Waals surface area contributed by atoms with Gasteiger partial charge in [-0.05, 0) is 26.3 Å². The van der Waals surface area contributed by atoms with Crippen molar-refractivity contribution in [3.63, 3.8) is 0 Å². The molecule has 1 aliphatic rings. The molecule has 1 saturated carbocycles. The Bertz CT molecular complexity index is 225. The van der Waals surface area contributed by atoms with Crippen molar-refractivity contribution in [1.82, 2.24) is 5.32 Å². The van der Waals surface area contributed by atoms with Crippen LogP contribution in [0, 0.1) is 0 Å². The number of hydrogen-bond acceptors (Lipinski definition) is 3. The van der Waals surface area contributed by atoms with Crippen molar-refractivity contribution in [3.05, 3.63) is 0 Å². The first-order valence-corrected chi connectivity index (χ1v) is 9.65. The van der Waals surface area contributed by atoms with E-state index in [-0.39, 0.29) is 0 Å². The van der Waals surface area contributed by atoms with Crippen molar-refractivity contribution in [2.45, 2.75) is 94.1 Å². The molecule has 0 aliphatic heterocycles. The zero-order valence-corrected chi connectivity index (χ0v) is 14.4. The molecule has 20 heavy (non-hydrogen) atoms. The average Bonchev–Trinajstić information content (AvgIpc) is 2.42. The Morgan fingerprint density at radius 2 is 1.55 bits per heavy atom. The maximum Gasteiger partial charge on any atom is 0.0441 e. The van der Waals surface area contributed by atoms with E-state index in [1.165, 1.54) is 64.2 Å². The SMILES string of the molecule is CNC1CCCCCCCCCCC1SC(C)CCO. The van der Waals surface area contributed by atoms with Crippen molar-refractivity contribution in [1.29, 1.82) is 0 Å². The highest BCUT2D eigenvalue weighted by molar-refractivity contribution is 8.00. The minimum Gasteiger partial charge on any atom is -0.396 e. The molecule has 1 fully saturated rings. The van der Waals surface area contributed by atoms with Gasteiger partial charge >= 0.3 is 0 Å². The highest BCUT2D eigenvalue weighted by Crippen LogP contribution is 2.30. The molecule has 0 saturated heterocycles. The van der Waals surface area contributed by atoms with Crippen LogP contribution in [0.15, 0.2) is 0 Å². The van der Waals surface area contributed by atoms with Gasteiger partial charge in [-0.25, -0.2) is 0 Å². The fraction of sp³-hybridized carbons (Fsp3) is 1.00. The second-order valence-electron chi connectivity index (χ2n) is 6.30. The molecular weight excluding hydrogens is 266 g/mol. The Hall–Kier alpha value is 0.270. The summed E-state index contributed by atoms with van der Waals surface area (Å²) in [6.07, 6.45) is 14.9. The molecule has 2 N–H and O–H groups in total. The van der Waals surface area contributed by atoms with Crippen LogP contribution in [0.2, 0.25) is 0 Å². The van der Waals surface area contributed by atoms with E-state index in [1.54, 1.807) is 0 Å². The Kier molecular flexibility index (Phi) is 10.9. The molecule has 3 unspecified atom stereocenters. The lowest BCUT2D eigenvalue weighted by molar-refractivity contribution is 0.288. The van der Waals surface area contributed by atoms with Crippen LogP contribution in [0.1, 0.15) is 77.6 Å². The molecule has 3 heteroatoms. The summed E-state index contributed by atoms with van der Waals surface area (Å²) in [6.45, 7) is 2.59. The summed E-state index contributed by atoms with van der Waals surface area (Å²) < 4.78 is 0. The van der Waals surface area contributed by atoms with Gasteiger partial charge in [0.25, 0.3) is 0 Å². The van der Waals surface area contributed by atoms with E-state index in [1.807, 2.05) is 0 Å². The van der Waals surface area contributed by atoms with Gasteiger partial charge in [-0.1, -0.05) is 58.3 Å². The van der Waals surface area contributed by atoms with Crippen molar-refractivity contribution in [2.75, 3.05) is 13.7 Å². The third-order valence-corrected chi connectivity index (χ3v) is 6.13. The van der Waals surface area contributed by atoms with Crippen LogP contribution in [-0.4, -0.2) is 35.3 Å². The van der Waals surface area contributed by atoms with Gasteiger partial charge in [-0.2, -0.15) is 11.8 Å². The molecule has 0 heterocycles. The van der Waals surface area contributed by atoms with Crippen molar-refractivity contribution >= 4 is 11.8 Å². The highest BCUT2D eigenvalue weighted by Gasteiger charge is 2.22. The summed E-state index contributed by atoms with van der Waals surface area (Å²) >= 11 is 2.11. The van der Waals surface area contributed by atoms with E-state index in [2.05, 4.69) is 31.1 Å². The van der Waals surface area contributed by atoms with Crippen molar-refractivity contribution < 1.29 is 5.11 Å². The van der Waals surface area contributed by atoms with E-state index in [4.69, 9.17) is 5.11 Å². The molecule has 2 nitrogen and oxygen atoms in total. The second kappa shape index (κ2) is 11.9. The molecule has 1 rings (SSSR count). The van der Waals surface area contributed by atoms with Gasteiger partial charge in [0, 0.05) is 23.1 Å². The van der Waals surface area contributed by atoms with E-state index < -0.39 is 0 Å². The third kappa shape index (κ3) is 7.90. The van der Waals surface area contributed by atoms with Crippen LogP contribution in [0.3, 0.4) is 0 Å². The molecule has 1 aliphatic carbocycles. The Morgan fingerprint density at radius 3 is 2.10 bits per heavy atom. The van der Waals surface area contributed by atoms with Gasteiger partial charge in [-0.3, -0.25) is 0 Å². The summed E-state index contributed by atoms with van der Waals surface area (Å²) in [5.74, 6) is 0. The van der Waals surface area contributed by atoms with Crippen LogP contribution < -0.4 is 5.32 Å². The Balaban J connectivity index is 2.50. The fourth-order valence-electron chi connectivity index (χ4n) is 3.20. The maximum absolute atomic E-state index is 9.11. The van der Waals surface area contributed by atoms with Gasteiger partial charge < -0.3 is 10.4 Å². The zero-order valence-electron chi connectivity index (χ0n) is 13.6. The van der Waals surface area contributed by atoms with Gasteiger partial charge in [0.1, 0.15) is 0 Å². The Morgan fingerprint density at radius 1 is 1.00 bits per heavy atom. The molecular formula is C17H35NOS. The normalized spacial score (nSPS) is 28.4. The molecule has 120 valence electrons. The molecule has 0 radical (unpaired) electrons. The maximum atomic E-state index is 9.11. The van der Waals surface area contributed by atoms with Crippen molar-refractivity contribution in [3.8, 4) is 0 Å². The van der Waals surface area contributed by atoms with Crippen LogP contribution in [0.5, 0.6) is 0 Å². The lowest BCUT2D eigenvalue weighted by atomic mass is 9.97. The predicted molar refractivity (Wildman–Crippen MR) is 91.6 cm³/mol. The second-order valence-corrected chi connectivity index (χ2v) is 7.98. The lowest BCUT2D eigenvalue weighted by Crippen LogP contribution is -2.36. The minimum atomic E-state index is 0.325. The molecule has 0 bridgehead atoms. The van der Waals surface area contributed by atoms with Crippen LogP contribution in [0.25, 0.3) is 0 Å². The first-order chi connectivity index (χ1) is 9.77. The summed E-state index contributed by atoms with van der Waals surface area (Å²) in [7, 11) is 2.13. The molecule has 0 aromatic heterocycles. The van der Waals surface area contributed by atoms with Gasteiger partial charge in [0.15, 0.2) is 0 Å². The first kappa shape index (κ1) is 18.3. The first-order valence-electron chi connectivity index (χ1n) is 8.71. The standard InChI is InChI=1S/C17H35NOS/c1-15(13-14-19)20-17-12-10-8-6-4-3-5-7-9-11-16(17)18-2/h15-19H,3-14H2,1-2H3. The number of nitrogens with one attached hydrogen (secondary N) is 1. The van der Waals surface area contributed by atoms with E-state index in [0.29, 0.717) is 17.9 Å². The van der Waals surface area contributed by atoms with Gasteiger partial charge in [0.05, 0.1) is 0 Å². The smallest absolute Gasteiger partial charge is 0.0441 e. The lowest BCUT2D eigenvalue weighted by Gasteiger charge is -2.29. The average molecular weight is 302 g/mol. The third-order valence-electron chi connectivity index (χ3n) is 4.52. The summed E-state index contributed by atoms with van der Waals surface area (Å²) in [4.78, 5) is 0. The van der Waals surface area contributed by atoms with Crippen LogP contribution in [-0.2, 0) is 0 Å². The number of aliphatic hydroxyl groups excluding tert-OH is 1. The topological polar surface area (TPSA) is 32.3 Å².